The molecule has 2 nitrogen and oxygen atoms in total. The van der Waals surface area contributed by atoms with Gasteiger partial charge in [0.15, 0.2) is 0 Å². The summed E-state index contributed by atoms with van der Waals surface area (Å²) in [6, 6.07) is 0. The average Bonchev–Trinajstić information content (AvgIpc) is 1.83. The summed E-state index contributed by atoms with van der Waals surface area (Å²) in [5.74, 6) is 0. The van der Waals surface area contributed by atoms with E-state index in [0.29, 0.717) is 0 Å². The molecule has 0 aromatic heterocycles. The first-order valence-electron chi connectivity index (χ1n) is 2.62. The first kappa shape index (κ1) is 7.24. The Balaban J connectivity index is 2.73. The summed E-state index contributed by atoms with van der Waals surface area (Å²) < 4.78 is 0.780. The van der Waals surface area contributed by atoms with Gasteiger partial charge in [0.05, 0.1) is 0 Å². The second-order valence-corrected chi connectivity index (χ2v) is 3.12. The highest BCUT2D eigenvalue weighted by molar-refractivity contribution is 14.1. The normalized spacial score (nSPS) is 34.3. The van der Waals surface area contributed by atoms with Gasteiger partial charge in [0, 0.05) is 3.58 Å². The van der Waals surface area contributed by atoms with E-state index in [1.54, 1.807) is 18.2 Å². The van der Waals surface area contributed by atoms with E-state index in [-0.39, 0.29) is 0 Å². The van der Waals surface area contributed by atoms with Crippen molar-refractivity contribution >= 4 is 22.6 Å². The van der Waals surface area contributed by atoms with Crippen molar-refractivity contribution in [1.29, 1.82) is 0 Å². The van der Waals surface area contributed by atoms with Gasteiger partial charge in [-0.25, -0.2) is 0 Å². The molecule has 0 aromatic rings. The summed E-state index contributed by atoms with van der Waals surface area (Å²) in [5, 5.41) is 18.0. The molecule has 0 saturated heterocycles. The Morgan fingerprint density at radius 1 is 1.44 bits per heavy atom. The Bertz CT molecular complexity index is 162. The molecular formula is C6H7IO2. The smallest absolute Gasteiger partial charge is 0.114 e. The van der Waals surface area contributed by atoms with Gasteiger partial charge in [0.1, 0.15) is 12.2 Å². The standard InChI is InChI=1S/C6H7IO2/c7-4-2-1-3-5(8)6(4)9/h1-3,5-6,8-9H/t5-,6+/m1/s1. The lowest BCUT2D eigenvalue weighted by Gasteiger charge is -2.16. The Labute approximate surface area is 67.0 Å². The third-order valence-corrected chi connectivity index (χ3v) is 2.17. The molecule has 0 saturated carbocycles. The fourth-order valence-corrected chi connectivity index (χ4v) is 1.20. The third kappa shape index (κ3) is 1.53. The highest BCUT2D eigenvalue weighted by atomic mass is 127. The molecule has 2 N–H and O–H groups in total. The Morgan fingerprint density at radius 3 is 2.56 bits per heavy atom. The van der Waals surface area contributed by atoms with E-state index in [9.17, 15) is 0 Å². The van der Waals surface area contributed by atoms with Crippen LogP contribution in [-0.4, -0.2) is 22.4 Å². The van der Waals surface area contributed by atoms with Crippen LogP contribution in [0.2, 0.25) is 0 Å². The summed E-state index contributed by atoms with van der Waals surface area (Å²) in [7, 11) is 0. The van der Waals surface area contributed by atoms with E-state index in [2.05, 4.69) is 0 Å². The molecule has 0 aliphatic heterocycles. The average molecular weight is 238 g/mol. The SMILES string of the molecule is O[C@@H]1C=CC=C(I)[C@@H]1O. The van der Waals surface area contributed by atoms with Crippen LogP contribution in [0.1, 0.15) is 0 Å². The molecule has 1 aliphatic carbocycles. The zero-order chi connectivity index (χ0) is 6.85. The zero-order valence-corrected chi connectivity index (χ0v) is 6.82. The van der Waals surface area contributed by atoms with Crippen LogP contribution in [0.4, 0.5) is 0 Å². The lowest BCUT2D eigenvalue weighted by molar-refractivity contribution is 0.0782. The number of aliphatic hydroxyl groups excluding tert-OH is 2. The molecule has 9 heavy (non-hydrogen) atoms. The quantitative estimate of drug-likeness (QED) is 0.606. The van der Waals surface area contributed by atoms with E-state index in [1.807, 2.05) is 22.6 Å². The molecule has 1 aliphatic rings. The summed E-state index contributed by atoms with van der Waals surface area (Å²) in [4.78, 5) is 0. The second kappa shape index (κ2) is 2.81. The van der Waals surface area contributed by atoms with Crippen LogP contribution in [0.5, 0.6) is 0 Å². The van der Waals surface area contributed by atoms with Gasteiger partial charge in [-0.15, -0.1) is 0 Å². The minimum atomic E-state index is -0.720. The van der Waals surface area contributed by atoms with Gasteiger partial charge in [-0.05, 0) is 22.6 Å². The minimum Gasteiger partial charge on any atom is -0.386 e. The van der Waals surface area contributed by atoms with E-state index >= 15 is 0 Å². The van der Waals surface area contributed by atoms with Crippen molar-refractivity contribution < 1.29 is 10.2 Å². The zero-order valence-electron chi connectivity index (χ0n) is 4.66. The number of aliphatic hydroxyl groups is 2. The molecule has 0 fully saturated rings. The summed E-state index contributed by atoms with van der Waals surface area (Å²) in [5.41, 5.74) is 0. The van der Waals surface area contributed by atoms with Crippen molar-refractivity contribution in [1.82, 2.24) is 0 Å². The van der Waals surface area contributed by atoms with Crippen molar-refractivity contribution in [2.75, 3.05) is 0 Å². The van der Waals surface area contributed by atoms with Gasteiger partial charge < -0.3 is 10.2 Å². The van der Waals surface area contributed by atoms with Crippen molar-refractivity contribution in [3.05, 3.63) is 21.8 Å². The van der Waals surface area contributed by atoms with Gasteiger partial charge in [0.2, 0.25) is 0 Å². The van der Waals surface area contributed by atoms with E-state index in [4.69, 9.17) is 10.2 Å². The number of hydrogen-bond donors (Lipinski definition) is 2. The Morgan fingerprint density at radius 2 is 2.11 bits per heavy atom. The van der Waals surface area contributed by atoms with Gasteiger partial charge in [-0.3, -0.25) is 0 Å². The lowest BCUT2D eigenvalue weighted by atomic mass is 10.1. The molecule has 0 heterocycles. The van der Waals surface area contributed by atoms with Crippen LogP contribution in [-0.2, 0) is 0 Å². The topological polar surface area (TPSA) is 40.5 Å². The molecule has 0 spiro atoms. The maximum Gasteiger partial charge on any atom is 0.114 e. The monoisotopic (exact) mass is 238 g/mol. The molecule has 0 radical (unpaired) electrons. The van der Waals surface area contributed by atoms with Gasteiger partial charge in [-0.1, -0.05) is 18.2 Å². The second-order valence-electron chi connectivity index (χ2n) is 1.87. The highest BCUT2D eigenvalue weighted by Gasteiger charge is 2.17. The number of allylic oxidation sites excluding steroid dienone is 2. The molecule has 0 amide bonds. The molecule has 0 unspecified atom stereocenters. The van der Waals surface area contributed by atoms with Crippen LogP contribution in [0, 0.1) is 0 Å². The maximum atomic E-state index is 9.07. The number of hydrogen-bond acceptors (Lipinski definition) is 2. The van der Waals surface area contributed by atoms with Crippen molar-refractivity contribution in [3.63, 3.8) is 0 Å². The third-order valence-electron chi connectivity index (χ3n) is 1.17. The predicted octanol–water partition coefficient (Wildman–Crippen LogP) is 0.597. The van der Waals surface area contributed by atoms with Crippen LogP contribution in [0.3, 0.4) is 0 Å². The fraction of sp³-hybridized carbons (Fsp3) is 0.333. The summed E-state index contributed by atoms with van der Waals surface area (Å²) in [6.45, 7) is 0. The maximum absolute atomic E-state index is 9.07. The largest absolute Gasteiger partial charge is 0.386 e. The first-order chi connectivity index (χ1) is 4.22. The van der Waals surface area contributed by atoms with E-state index in [0.717, 1.165) is 3.58 Å². The minimum absolute atomic E-state index is 0.712. The summed E-state index contributed by atoms with van der Waals surface area (Å²) in [6.07, 6.45) is 3.64. The van der Waals surface area contributed by atoms with Crippen molar-refractivity contribution in [2.24, 2.45) is 0 Å². The van der Waals surface area contributed by atoms with Crippen LogP contribution in [0.15, 0.2) is 21.8 Å². The number of halogens is 1. The van der Waals surface area contributed by atoms with Crippen LogP contribution >= 0.6 is 22.6 Å². The Hall–Kier alpha value is 0.130. The van der Waals surface area contributed by atoms with E-state index in [1.165, 1.54) is 0 Å². The first-order valence-corrected chi connectivity index (χ1v) is 3.69. The fourth-order valence-electron chi connectivity index (χ4n) is 0.628. The van der Waals surface area contributed by atoms with Crippen LogP contribution in [0.25, 0.3) is 0 Å². The Kier molecular flexibility index (Phi) is 2.26. The van der Waals surface area contributed by atoms with Crippen molar-refractivity contribution in [3.8, 4) is 0 Å². The van der Waals surface area contributed by atoms with Gasteiger partial charge in [0.25, 0.3) is 0 Å². The molecule has 50 valence electrons. The van der Waals surface area contributed by atoms with Gasteiger partial charge >= 0.3 is 0 Å². The number of rotatable bonds is 0. The predicted molar refractivity (Wildman–Crippen MR) is 43.3 cm³/mol. The molecule has 0 aromatic carbocycles. The molecular weight excluding hydrogens is 231 g/mol. The lowest BCUT2D eigenvalue weighted by Crippen LogP contribution is -2.25. The molecule has 0 bridgehead atoms. The van der Waals surface area contributed by atoms with Crippen molar-refractivity contribution in [2.45, 2.75) is 12.2 Å². The van der Waals surface area contributed by atoms with Crippen LogP contribution < -0.4 is 0 Å². The molecule has 2 atom stereocenters. The van der Waals surface area contributed by atoms with Gasteiger partial charge in [-0.2, -0.15) is 0 Å². The molecule has 3 heteroatoms. The summed E-state index contributed by atoms with van der Waals surface area (Å²) >= 11 is 2.00. The van der Waals surface area contributed by atoms with E-state index < -0.39 is 12.2 Å². The molecule has 1 rings (SSSR count). The highest BCUT2D eigenvalue weighted by Crippen LogP contribution is 2.18.